The number of carbonyl (C=O) groups excluding carboxylic acids is 2. The fourth-order valence-electron chi connectivity index (χ4n) is 2.31. The summed E-state index contributed by atoms with van der Waals surface area (Å²) in [6, 6.07) is 9.46. The Hall–Kier alpha value is -2.73. The van der Waals surface area contributed by atoms with Gasteiger partial charge in [0.1, 0.15) is 0 Å². The number of anilines is 1. The number of hydrogen-bond donors (Lipinski definition) is 1. The molecular formula is C20H22ClNO5. The van der Waals surface area contributed by atoms with Gasteiger partial charge in [-0.1, -0.05) is 18.5 Å². The minimum absolute atomic E-state index is 0.288. The second-order valence-electron chi connectivity index (χ2n) is 5.58. The van der Waals surface area contributed by atoms with E-state index in [9.17, 15) is 9.59 Å². The van der Waals surface area contributed by atoms with Gasteiger partial charge >= 0.3 is 5.97 Å². The van der Waals surface area contributed by atoms with Gasteiger partial charge < -0.3 is 19.5 Å². The third kappa shape index (κ3) is 5.37. The van der Waals surface area contributed by atoms with Crippen LogP contribution in [0.3, 0.4) is 0 Å². The molecule has 144 valence electrons. The van der Waals surface area contributed by atoms with Crippen molar-refractivity contribution in [1.29, 1.82) is 0 Å². The first-order valence-electron chi connectivity index (χ1n) is 8.59. The Balaban J connectivity index is 2.25. The molecule has 0 radical (unpaired) electrons. The van der Waals surface area contributed by atoms with E-state index >= 15 is 0 Å². The molecule has 0 aliphatic carbocycles. The van der Waals surface area contributed by atoms with Crippen molar-refractivity contribution in [1.82, 2.24) is 0 Å². The zero-order valence-electron chi connectivity index (χ0n) is 15.5. The maximum Gasteiger partial charge on any atom is 0.337 e. The topological polar surface area (TPSA) is 73.9 Å². The van der Waals surface area contributed by atoms with Gasteiger partial charge in [0.05, 0.1) is 36.6 Å². The van der Waals surface area contributed by atoms with Crippen molar-refractivity contribution < 1.29 is 23.8 Å². The van der Waals surface area contributed by atoms with E-state index in [0.29, 0.717) is 41.0 Å². The van der Waals surface area contributed by atoms with E-state index in [1.165, 1.54) is 25.3 Å². The maximum absolute atomic E-state index is 12.6. The Morgan fingerprint density at radius 3 is 2.41 bits per heavy atom. The summed E-state index contributed by atoms with van der Waals surface area (Å²) >= 11 is 6.13. The summed E-state index contributed by atoms with van der Waals surface area (Å²) in [5.41, 5.74) is 0.978. The van der Waals surface area contributed by atoms with E-state index in [0.717, 1.165) is 6.42 Å². The summed E-state index contributed by atoms with van der Waals surface area (Å²) in [5, 5.41) is 3.01. The second kappa shape index (κ2) is 9.83. The van der Waals surface area contributed by atoms with E-state index in [2.05, 4.69) is 10.1 Å². The maximum atomic E-state index is 12.6. The van der Waals surface area contributed by atoms with Crippen LogP contribution in [0.4, 0.5) is 5.69 Å². The SMILES string of the molecule is CCCOc1ccc(C(=O)Nc2cc(C(=O)OC)ccc2Cl)cc1OCC. The van der Waals surface area contributed by atoms with Crippen molar-refractivity contribution in [2.24, 2.45) is 0 Å². The number of hydrogen-bond acceptors (Lipinski definition) is 5. The van der Waals surface area contributed by atoms with Gasteiger partial charge in [-0.25, -0.2) is 4.79 Å². The lowest BCUT2D eigenvalue weighted by atomic mass is 10.1. The molecule has 2 aromatic carbocycles. The number of esters is 1. The van der Waals surface area contributed by atoms with Gasteiger partial charge in [-0.2, -0.15) is 0 Å². The van der Waals surface area contributed by atoms with Gasteiger partial charge in [-0.3, -0.25) is 4.79 Å². The number of ether oxygens (including phenoxy) is 3. The highest BCUT2D eigenvalue weighted by Crippen LogP contribution is 2.30. The van der Waals surface area contributed by atoms with Crippen molar-refractivity contribution in [2.75, 3.05) is 25.6 Å². The van der Waals surface area contributed by atoms with Crippen LogP contribution in [0.15, 0.2) is 36.4 Å². The standard InChI is InChI=1S/C20H22ClNO5/c1-4-10-27-17-9-7-13(12-18(17)26-5-2)19(23)22-16-11-14(20(24)25-3)6-8-15(16)21/h6-9,11-12H,4-5,10H2,1-3H3,(H,22,23). The van der Waals surface area contributed by atoms with Crippen molar-refractivity contribution in [3.63, 3.8) is 0 Å². The summed E-state index contributed by atoms with van der Waals surface area (Å²) in [4.78, 5) is 24.3. The van der Waals surface area contributed by atoms with Crippen molar-refractivity contribution in [3.05, 3.63) is 52.5 Å². The molecule has 0 unspecified atom stereocenters. The van der Waals surface area contributed by atoms with Gasteiger partial charge in [-0.15, -0.1) is 0 Å². The van der Waals surface area contributed by atoms with Crippen LogP contribution in [0, 0.1) is 0 Å². The number of rotatable bonds is 8. The van der Waals surface area contributed by atoms with Crippen LogP contribution >= 0.6 is 11.6 Å². The molecule has 0 fully saturated rings. The third-order valence-electron chi connectivity index (χ3n) is 3.60. The molecule has 0 aliphatic heterocycles. The summed E-state index contributed by atoms with van der Waals surface area (Å²) < 4.78 is 15.9. The fourth-order valence-corrected chi connectivity index (χ4v) is 2.47. The normalized spacial score (nSPS) is 10.2. The average molecular weight is 392 g/mol. The molecule has 0 bridgehead atoms. The van der Waals surface area contributed by atoms with E-state index < -0.39 is 5.97 Å². The number of benzene rings is 2. The lowest BCUT2D eigenvalue weighted by Crippen LogP contribution is -2.13. The van der Waals surface area contributed by atoms with Crippen LogP contribution in [-0.4, -0.2) is 32.2 Å². The number of halogens is 1. The van der Waals surface area contributed by atoms with Crippen molar-refractivity contribution in [2.45, 2.75) is 20.3 Å². The molecule has 0 spiro atoms. The molecule has 7 heteroatoms. The van der Waals surface area contributed by atoms with Gasteiger partial charge in [0.2, 0.25) is 0 Å². The second-order valence-corrected chi connectivity index (χ2v) is 5.99. The van der Waals surface area contributed by atoms with Crippen LogP contribution in [-0.2, 0) is 4.74 Å². The van der Waals surface area contributed by atoms with E-state index in [-0.39, 0.29) is 11.5 Å². The Morgan fingerprint density at radius 2 is 1.74 bits per heavy atom. The number of nitrogens with one attached hydrogen (secondary N) is 1. The molecule has 2 rings (SSSR count). The quantitative estimate of drug-likeness (QED) is 0.667. The molecular weight excluding hydrogens is 370 g/mol. The Labute approximate surface area is 163 Å². The number of amides is 1. The number of methoxy groups -OCH3 is 1. The summed E-state index contributed by atoms with van der Waals surface area (Å²) in [7, 11) is 1.28. The molecule has 2 aromatic rings. The first-order chi connectivity index (χ1) is 13.0. The molecule has 0 heterocycles. The van der Waals surface area contributed by atoms with E-state index in [4.69, 9.17) is 21.1 Å². The highest BCUT2D eigenvalue weighted by Gasteiger charge is 2.15. The molecule has 0 aliphatic rings. The highest BCUT2D eigenvalue weighted by atomic mass is 35.5. The molecule has 1 amide bonds. The van der Waals surface area contributed by atoms with Crippen LogP contribution in [0.25, 0.3) is 0 Å². The minimum Gasteiger partial charge on any atom is -0.490 e. The Morgan fingerprint density at radius 1 is 1.00 bits per heavy atom. The van der Waals surface area contributed by atoms with Crippen LogP contribution in [0.2, 0.25) is 5.02 Å². The molecule has 0 atom stereocenters. The third-order valence-corrected chi connectivity index (χ3v) is 3.93. The molecule has 27 heavy (non-hydrogen) atoms. The molecule has 0 aromatic heterocycles. The molecule has 0 saturated heterocycles. The fraction of sp³-hybridized carbons (Fsp3) is 0.300. The van der Waals surface area contributed by atoms with Crippen LogP contribution < -0.4 is 14.8 Å². The predicted octanol–water partition coefficient (Wildman–Crippen LogP) is 4.57. The Kier molecular flexibility index (Phi) is 7.49. The first-order valence-corrected chi connectivity index (χ1v) is 8.96. The van der Waals surface area contributed by atoms with Gasteiger partial charge in [0.15, 0.2) is 11.5 Å². The monoisotopic (exact) mass is 391 g/mol. The lowest BCUT2D eigenvalue weighted by molar-refractivity contribution is 0.0600. The largest absolute Gasteiger partial charge is 0.490 e. The van der Waals surface area contributed by atoms with E-state index in [1.54, 1.807) is 18.2 Å². The zero-order valence-corrected chi connectivity index (χ0v) is 16.3. The minimum atomic E-state index is -0.516. The lowest BCUT2D eigenvalue weighted by Gasteiger charge is -2.13. The zero-order chi connectivity index (χ0) is 19.8. The molecule has 0 saturated carbocycles. The summed E-state index contributed by atoms with van der Waals surface area (Å²) in [6.07, 6.45) is 0.864. The summed E-state index contributed by atoms with van der Waals surface area (Å²) in [5.74, 6) is 0.175. The van der Waals surface area contributed by atoms with Crippen molar-refractivity contribution >= 4 is 29.2 Å². The summed E-state index contributed by atoms with van der Waals surface area (Å²) in [6.45, 7) is 4.87. The average Bonchev–Trinajstić information content (AvgIpc) is 2.68. The highest BCUT2D eigenvalue weighted by molar-refractivity contribution is 6.34. The predicted molar refractivity (Wildman–Crippen MR) is 104 cm³/mol. The van der Waals surface area contributed by atoms with E-state index in [1.807, 2.05) is 13.8 Å². The first kappa shape index (κ1) is 20.6. The van der Waals surface area contributed by atoms with Crippen molar-refractivity contribution in [3.8, 4) is 11.5 Å². The molecule has 6 nitrogen and oxygen atoms in total. The van der Waals surface area contributed by atoms with Crippen LogP contribution in [0.1, 0.15) is 41.0 Å². The van der Waals surface area contributed by atoms with Gasteiger partial charge in [0.25, 0.3) is 5.91 Å². The van der Waals surface area contributed by atoms with Crippen LogP contribution in [0.5, 0.6) is 11.5 Å². The smallest absolute Gasteiger partial charge is 0.337 e. The number of carbonyl (C=O) groups is 2. The van der Waals surface area contributed by atoms with Gasteiger partial charge in [-0.05, 0) is 49.7 Å². The Bertz CT molecular complexity index is 822. The van der Waals surface area contributed by atoms with Gasteiger partial charge in [0, 0.05) is 5.56 Å². The molecule has 1 N–H and O–H groups in total.